The van der Waals surface area contributed by atoms with E-state index in [1.165, 1.54) is 18.2 Å². The Kier molecular flexibility index (Phi) is 6.13. The molecular weight excluding hydrogens is 429 g/mol. The minimum Gasteiger partial charge on any atom is -0.486 e. The molecule has 150 valence electrons. The first-order valence-electron chi connectivity index (χ1n) is 9.06. The summed E-state index contributed by atoms with van der Waals surface area (Å²) < 4.78 is 30.5. The lowest BCUT2D eigenvalue weighted by Crippen LogP contribution is -2.42. The van der Waals surface area contributed by atoms with E-state index >= 15 is 0 Å². The summed E-state index contributed by atoms with van der Waals surface area (Å²) in [6, 6.07) is 9.90. The Hall–Kier alpha value is -2.28. The number of hydrogen-bond acceptors (Lipinski definition) is 4. The van der Waals surface area contributed by atoms with Crippen molar-refractivity contribution < 1.29 is 23.4 Å². The highest BCUT2D eigenvalue weighted by molar-refractivity contribution is 9.10. The summed E-state index contributed by atoms with van der Waals surface area (Å²) in [6.07, 6.45) is -0.724. The molecule has 1 aliphatic rings. The van der Waals surface area contributed by atoms with Crippen molar-refractivity contribution in [2.75, 3.05) is 19.8 Å². The fourth-order valence-electron chi connectivity index (χ4n) is 2.83. The van der Waals surface area contributed by atoms with Gasteiger partial charge in [0.1, 0.15) is 24.8 Å². The van der Waals surface area contributed by atoms with Gasteiger partial charge in [-0.2, -0.15) is 0 Å². The van der Waals surface area contributed by atoms with Crippen molar-refractivity contribution in [3.8, 4) is 17.2 Å². The molecule has 28 heavy (non-hydrogen) atoms. The summed E-state index contributed by atoms with van der Waals surface area (Å²) in [5, 5.41) is 2.93. The van der Waals surface area contributed by atoms with E-state index in [9.17, 15) is 9.18 Å². The van der Waals surface area contributed by atoms with E-state index in [0.29, 0.717) is 30.0 Å². The average molecular weight is 452 g/mol. The predicted molar refractivity (Wildman–Crippen MR) is 108 cm³/mol. The van der Waals surface area contributed by atoms with Gasteiger partial charge in [-0.1, -0.05) is 19.9 Å². The molecule has 5 nitrogen and oxygen atoms in total. The van der Waals surface area contributed by atoms with Crippen LogP contribution in [0.3, 0.4) is 0 Å². The smallest absolute Gasteiger partial charge is 0.260 e. The number of amides is 1. The number of benzene rings is 2. The molecule has 0 fully saturated rings. The summed E-state index contributed by atoms with van der Waals surface area (Å²) in [5.74, 6) is 1.25. The first-order chi connectivity index (χ1) is 13.3. The van der Waals surface area contributed by atoms with Crippen LogP contribution >= 0.6 is 15.9 Å². The molecule has 1 N–H and O–H groups in total. The van der Waals surface area contributed by atoms with Crippen LogP contribution in [-0.4, -0.2) is 31.8 Å². The molecular formula is C21H23BrFNO4. The molecule has 1 unspecified atom stereocenters. The zero-order valence-corrected chi connectivity index (χ0v) is 17.6. The molecule has 7 heteroatoms. The van der Waals surface area contributed by atoms with Crippen LogP contribution in [0.2, 0.25) is 0 Å². The van der Waals surface area contributed by atoms with Crippen LogP contribution < -0.4 is 19.5 Å². The number of carbonyl (C=O) groups excluding carboxylic acids is 1. The van der Waals surface area contributed by atoms with E-state index in [4.69, 9.17) is 14.2 Å². The van der Waals surface area contributed by atoms with E-state index in [-0.39, 0.29) is 17.1 Å². The Labute approximate surface area is 172 Å². The maximum atomic E-state index is 13.2. The monoisotopic (exact) mass is 451 g/mol. The molecule has 1 amide bonds. The second kappa shape index (κ2) is 8.39. The van der Waals surface area contributed by atoms with Gasteiger partial charge in [-0.25, -0.2) is 4.39 Å². The molecule has 1 heterocycles. The van der Waals surface area contributed by atoms with Gasteiger partial charge >= 0.3 is 0 Å². The number of nitrogens with one attached hydrogen (secondary N) is 1. The highest BCUT2D eigenvalue weighted by Gasteiger charge is 2.26. The highest BCUT2D eigenvalue weighted by atomic mass is 79.9. The van der Waals surface area contributed by atoms with Crippen LogP contribution in [0.1, 0.15) is 26.3 Å². The van der Waals surface area contributed by atoms with Crippen LogP contribution in [0.5, 0.6) is 17.2 Å². The van der Waals surface area contributed by atoms with E-state index in [1.54, 1.807) is 6.92 Å². The normalized spacial score (nSPS) is 14.3. The van der Waals surface area contributed by atoms with E-state index in [1.807, 2.05) is 32.0 Å². The molecule has 1 atom stereocenters. The Morgan fingerprint density at radius 3 is 2.64 bits per heavy atom. The maximum Gasteiger partial charge on any atom is 0.260 e. The van der Waals surface area contributed by atoms with Crippen molar-refractivity contribution >= 4 is 21.8 Å². The molecule has 2 aromatic rings. The lowest BCUT2D eigenvalue weighted by atomic mass is 9.84. The summed E-state index contributed by atoms with van der Waals surface area (Å²) in [5.41, 5.74) is 0.716. The zero-order valence-electron chi connectivity index (χ0n) is 16.1. The quantitative estimate of drug-likeness (QED) is 0.713. The maximum absolute atomic E-state index is 13.2. The summed E-state index contributed by atoms with van der Waals surface area (Å²) in [4.78, 5) is 12.5. The number of halogens is 2. The fourth-order valence-corrected chi connectivity index (χ4v) is 3.28. The van der Waals surface area contributed by atoms with Crippen molar-refractivity contribution in [3.63, 3.8) is 0 Å². The summed E-state index contributed by atoms with van der Waals surface area (Å²) in [7, 11) is 0. The van der Waals surface area contributed by atoms with Crippen LogP contribution in [0, 0.1) is 5.82 Å². The summed E-state index contributed by atoms with van der Waals surface area (Å²) >= 11 is 3.24. The van der Waals surface area contributed by atoms with Crippen LogP contribution in [-0.2, 0) is 10.2 Å². The second-order valence-electron chi connectivity index (χ2n) is 7.29. The molecule has 1 aliphatic heterocycles. The first kappa shape index (κ1) is 20.5. The predicted octanol–water partition coefficient (Wildman–Crippen LogP) is 4.22. The molecule has 0 bridgehead atoms. The minimum atomic E-state index is -0.724. The Balaban J connectivity index is 1.61. The fraction of sp³-hybridized carbons (Fsp3) is 0.381. The third-order valence-electron chi connectivity index (χ3n) is 4.60. The number of carbonyl (C=O) groups is 1. The number of rotatable bonds is 6. The van der Waals surface area contributed by atoms with Crippen molar-refractivity contribution in [1.82, 2.24) is 5.32 Å². The largest absolute Gasteiger partial charge is 0.486 e. The zero-order chi connectivity index (χ0) is 20.3. The van der Waals surface area contributed by atoms with Gasteiger partial charge in [0.15, 0.2) is 17.6 Å². The topological polar surface area (TPSA) is 56.8 Å². The number of ether oxygens (including phenoxy) is 3. The molecule has 0 saturated heterocycles. The molecule has 2 aromatic carbocycles. The van der Waals surface area contributed by atoms with Gasteiger partial charge < -0.3 is 19.5 Å². The van der Waals surface area contributed by atoms with Crippen LogP contribution in [0.15, 0.2) is 40.9 Å². The van der Waals surface area contributed by atoms with Crippen molar-refractivity contribution in [2.45, 2.75) is 32.3 Å². The van der Waals surface area contributed by atoms with Gasteiger partial charge in [0.25, 0.3) is 5.91 Å². The lowest BCUT2D eigenvalue weighted by Gasteiger charge is -2.28. The van der Waals surface area contributed by atoms with Crippen LogP contribution in [0.4, 0.5) is 4.39 Å². The molecule has 3 rings (SSSR count). The van der Waals surface area contributed by atoms with Gasteiger partial charge in [-0.05, 0) is 58.7 Å². The number of fused-ring (bicyclic) bond motifs is 1. The molecule has 0 saturated carbocycles. The minimum absolute atomic E-state index is 0.248. The SMILES string of the molecule is CC(Oc1ccc(F)cc1Br)C(=O)NCC(C)(C)c1ccc2c(c1)OCCO2. The standard InChI is InChI=1S/C21H23BrFNO4/c1-13(28-17-7-5-15(23)11-16(17)22)20(25)24-12-21(2,3)14-4-6-18-19(10-14)27-9-8-26-18/h4-7,10-11,13H,8-9,12H2,1-3H3,(H,24,25). The van der Waals surface area contributed by atoms with Crippen molar-refractivity contribution in [3.05, 3.63) is 52.3 Å². The molecule has 0 aliphatic carbocycles. The van der Waals surface area contributed by atoms with E-state index in [2.05, 4.69) is 21.2 Å². The highest BCUT2D eigenvalue weighted by Crippen LogP contribution is 2.35. The van der Waals surface area contributed by atoms with Gasteiger partial charge in [0, 0.05) is 12.0 Å². The Morgan fingerprint density at radius 2 is 1.93 bits per heavy atom. The molecule has 0 aromatic heterocycles. The molecule has 0 radical (unpaired) electrons. The second-order valence-corrected chi connectivity index (χ2v) is 8.15. The van der Waals surface area contributed by atoms with Gasteiger partial charge in [0.05, 0.1) is 4.47 Å². The van der Waals surface area contributed by atoms with Gasteiger partial charge in [0.2, 0.25) is 0 Å². The average Bonchev–Trinajstić information content (AvgIpc) is 2.67. The van der Waals surface area contributed by atoms with Gasteiger partial charge in [-0.3, -0.25) is 4.79 Å². The van der Waals surface area contributed by atoms with Crippen molar-refractivity contribution in [2.24, 2.45) is 0 Å². The van der Waals surface area contributed by atoms with E-state index in [0.717, 1.165) is 17.1 Å². The molecule has 0 spiro atoms. The third kappa shape index (κ3) is 4.76. The third-order valence-corrected chi connectivity index (χ3v) is 5.21. The van der Waals surface area contributed by atoms with E-state index < -0.39 is 6.10 Å². The first-order valence-corrected chi connectivity index (χ1v) is 9.85. The Bertz CT molecular complexity index is 871. The Morgan fingerprint density at radius 1 is 1.21 bits per heavy atom. The van der Waals surface area contributed by atoms with Crippen LogP contribution in [0.25, 0.3) is 0 Å². The summed E-state index contributed by atoms with van der Waals surface area (Å²) in [6.45, 7) is 7.24. The lowest BCUT2D eigenvalue weighted by molar-refractivity contribution is -0.127. The van der Waals surface area contributed by atoms with Gasteiger partial charge in [-0.15, -0.1) is 0 Å². The number of hydrogen-bond donors (Lipinski definition) is 1. The van der Waals surface area contributed by atoms with Crippen molar-refractivity contribution in [1.29, 1.82) is 0 Å².